The van der Waals surface area contributed by atoms with Gasteiger partial charge < -0.3 is 19.8 Å². The molecule has 0 spiro atoms. The van der Waals surface area contributed by atoms with Crippen LogP contribution in [0.5, 0.6) is 5.75 Å². The Kier molecular flexibility index (Phi) is 5.86. The zero-order valence-electron chi connectivity index (χ0n) is 18.3. The first-order valence-corrected chi connectivity index (χ1v) is 11.5. The number of aliphatic hydroxyl groups is 2. The van der Waals surface area contributed by atoms with E-state index in [0.29, 0.717) is 36.1 Å². The first kappa shape index (κ1) is 21.9. The lowest BCUT2D eigenvalue weighted by Crippen LogP contribution is -2.47. The molecule has 2 heterocycles. The molecule has 3 atom stereocenters. The predicted molar refractivity (Wildman–Crippen MR) is 124 cm³/mol. The minimum atomic E-state index is -1.20. The Morgan fingerprint density at radius 3 is 2.61 bits per heavy atom. The molecule has 0 radical (unpaired) electrons. The van der Waals surface area contributed by atoms with E-state index in [9.17, 15) is 15.0 Å². The van der Waals surface area contributed by atoms with Gasteiger partial charge in [0.1, 0.15) is 5.75 Å². The summed E-state index contributed by atoms with van der Waals surface area (Å²) < 4.78 is 7.39. The highest BCUT2D eigenvalue weighted by Gasteiger charge is 2.45. The Morgan fingerprint density at radius 2 is 1.94 bits per heavy atom. The van der Waals surface area contributed by atoms with Crippen molar-refractivity contribution in [3.05, 3.63) is 76.1 Å². The topological polar surface area (TPSA) is 87.8 Å². The van der Waals surface area contributed by atoms with Gasteiger partial charge in [-0.15, -0.1) is 0 Å². The van der Waals surface area contributed by atoms with Gasteiger partial charge in [0.2, 0.25) is 0 Å². The minimum absolute atomic E-state index is 0.242. The van der Waals surface area contributed by atoms with Gasteiger partial charge in [-0.1, -0.05) is 36.6 Å². The Morgan fingerprint density at radius 1 is 1.18 bits per heavy atom. The van der Waals surface area contributed by atoms with Crippen LogP contribution in [0.3, 0.4) is 0 Å². The number of hydrogen-bond donors (Lipinski definition) is 2. The fourth-order valence-electron chi connectivity index (χ4n) is 5.03. The van der Waals surface area contributed by atoms with Crippen LogP contribution in [0.1, 0.15) is 59.0 Å². The number of rotatable bonds is 5. The van der Waals surface area contributed by atoms with Gasteiger partial charge in [0, 0.05) is 35.5 Å². The number of amides is 1. The number of carbonyl (C=O) groups is 1. The van der Waals surface area contributed by atoms with Crippen LogP contribution in [0.25, 0.3) is 5.69 Å². The highest BCUT2D eigenvalue weighted by molar-refractivity contribution is 6.34. The second-order valence-corrected chi connectivity index (χ2v) is 9.02. The number of fused-ring (bicyclic) bond motifs is 1. The number of methoxy groups -OCH3 is 1. The predicted octanol–water partition coefficient (Wildman–Crippen LogP) is 3.88. The second-order valence-electron chi connectivity index (χ2n) is 8.64. The molecule has 8 heteroatoms. The molecule has 2 N–H and O–H groups in total. The number of halogens is 1. The number of nitrogens with zero attached hydrogens (tertiary/aromatic N) is 3. The van der Waals surface area contributed by atoms with Gasteiger partial charge in [0.25, 0.3) is 5.91 Å². The summed E-state index contributed by atoms with van der Waals surface area (Å²) >= 11 is 6.68. The largest absolute Gasteiger partial charge is 0.495 e. The Bertz CT molecular complexity index is 1160. The third-order valence-corrected chi connectivity index (χ3v) is 7.05. The smallest absolute Gasteiger partial charge is 0.257 e. The monoisotopic (exact) mass is 467 g/mol. The highest BCUT2D eigenvalue weighted by atomic mass is 35.5. The van der Waals surface area contributed by atoms with E-state index in [1.165, 1.54) is 12.0 Å². The van der Waals surface area contributed by atoms with Crippen molar-refractivity contribution in [1.29, 1.82) is 0 Å². The first-order chi connectivity index (χ1) is 16.0. The van der Waals surface area contributed by atoms with Crippen LogP contribution in [0.4, 0.5) is 0 Å². The summed E-state index contributed by atoms with van der Waals surface area (Å²) in [7, 11) is 1.53. The molecular formula is C25H26ClN3O4. The zero-order valence-corrected chi connectivity index (χ0v) is 19.1. The number of carbonyl (C=O) groups excluding carboxylic acids is 1. The number of hydrogen-bond acceptors (Lipinski definition) is 5. The number of ether oxygens (including phenoxy) is 1. The molecule has 1 saturated carbocycles. The number of benzene rings is 2. The standard InChI is InChI=1S/C25H26ClN3O4/c1-33-23-16(13-15-7-9-17(10-8-15)28-12-4-11-27-28)14-18-21(22(23)26)25(32)29(24(18)31)19-5-2-3-6-20(19)30/h4,7-12,14,19-20,25,30,32H,2-3,5-6,13H2,1H3/t19-,20-,25?/m0/s1. The highest BCUT2D eigenvalue weighted by Crippen LogP contribution is 2.46. The molecule has 1 fully saturated rings. The van der Waals surface area contributed by atoms with E-state index >= 15 is 0 Å². The van der Waals surface area contributed by atoms with Gasteiger partial charge in [-0.25, -0.2) is 4.68 Å². The lowest BCUT2D eigenvalue weighted by molar-refractivity contribution is -0.0495. The normalized spacial score (nSPS) is 22.5. The summed E-state index contributed by atoms with van der Waals surface area (Å²) in [6.45, 7) is 0. The summed E-state index contributed by atoms with van der Waals surface area (Å²) in [5.74, 6) is 0.146. The third kappa shape index (κ3) is 3.80. The van der Waals surface area contributed by atoms with Crippen molar-refractivity contribution in [3.63, 3.8) is 0 Å². The van der Waals surface area contributed by atoms with Gasteiger partial charge in [0.15, 0.2) is 6.23 Å². The van der Waals surface area contributed by atoms with Crippen LogP contribution in [-0.2, 0) is 6.42 Å². The summed E-state index contributed by atoms with van der Waals surface area (Å²) in [6, 6.07) is 11.2. The molecule has 7 nitrogen and oxygen atoms in total. The van der Waals surface area contributed by atoms with Gasteiger partial charge in [-0.3, -0.25) is 4.79 Å². The maximum Gasteiger partial charge on any atom is 0.257 e. The molecule has 5 rings (SSSR count). The van der Waals surface area contributed by atoms with E-state index < -0.39 is 18.4 Å². The fraction of sp³-hybridized carbons (Fsp3) is 0.360. The van der Waals surface area contributed by atoms with E-state index in [-0.39, 0.29) is 10.9 Å². The average molecular weight is 468 g/mol. The van der Waals surface area contributed by atoms with Crippen molar-refractivity contribution in [1.82, 2.24) is 14.7 Å². The van der Waals surface area contributed by atoms with Crippen LogP contribution in [0, 0.1) is 0 Å². The maximum atomic E-state index is 13.3. The minimum Gasteiger partial charge on any atom is -0.495 e. The quantitative estimate of drug-likeness (QED) is 0.594. The summed E-state index contributed by atoms with van der Waals surface area (Å²) in [5.41, 5.74) is 3.46. The van der Waals surface area contributed by atoms with Gasteiger partial charge >= 0.3 is 0 Å². The van der Waals surface area contributed by atoms with E-state index in [4.69, 9.17) is 16.3 Å². The van der Waals surface area contributed by atoms with E-state index in [2.05, 4.69) is 5.10 Å². The Hall–Kier alpha value is -2.87. The van der Waals surface area contributed by atoms with Crippen molar-refractivity contribution < 1.29 is 19.7 Å². The summed E-state index contributed by atoms with van der Waals surface area (Å²) in [5, 5.41) is 26.0. The molecule has 2 aliphatic rings. The van der Waals surface area contributed by atoms with Crippen molar-refractivity contribution in [3.8, 4) is 11.4 Å². The molecule has 1 aliphatic heterocycles. The van der Waals surface area contributed by atoms with E-state index in [0.717, 1.165) is 29.7 Å². The molecule has 1 aliphatic carbocycles. The van der Waals surface area contributed by atoms with Gasteiger partial charge in [0.05, 0.1) is 30.0 Å². The number of aliphatic hydroxyl groups excluding tert-OH is 2. The molecule has 172 valence electrons. The van der Waals surface area contributed by atoms with E-state index in [1.807, 2.05) is 36.5 Å². The maximum absolute atomic E-state index is 13.3. The lowest BCUT2D eigenvalue weighted by atomic mass is 9.91. The molecule has 33 heavy (non-hydrogen) atoms. The van der Waals surface area contributed by atoms with Crippen molar-refractivity contribution in [2.45, 2.75) is 50.5 Å². The van der Waals surface area contributed by atoms with Crippen molar-refractivity contribution >= 4 is 17.5 Å². The van der Waals surface area contributed by atoms with Gasteiger partial charge in [-0.05, 0) is 42.7 Å². The molecule has 3 aromatic rings. The fourth-order valence-corrected chi connectivity index (χ4v) is 5.42. The summed E-state index contributed by atoms with van der Waals surface area (Å²) in [6.07, 6.45) is 5.36. The Labute approximate surface area is 197 Å². The second kappa shape index (κ2) is 8.82. The first-order valence-electron chi connectivity index (χ1n) is 11.2. The van der Waals surface area contributed by atoms with Gasteiger partial charge in [-0.2, -0.15) is 5.10 Å². The zero-order chi connectivity index (χ0) is 23.1. The number of aromatic nitrogens is 2. The molecular weight excluding hydrogens is 442 g/mol. The van der Waals surface area contributed by atoms with Crippen LogP contribution < -0.4 is 4.74 Å². The van der Waals surface area contributed by atoms with Crippen molar-refractivity contribution in [2.75, 3.05) is 7.11 Å². The lowest BCUT2D eigenvalue weighted by Gasteiger charge is -2.37. The molecule has 1 amide bonds. The Balaban J connectivity index is 1.47. The molecule has 0 bridgehead atoms. The van der Waals surface area contributed by atoms with Crippen LogP contribution in [-0.4, -0.2) is 50.1 Å². The molecule has 1 aromatic heterocycles. The molecule has 0 saturated heterocycles. The van der Waals surface area contributed by atoms with Crippen LogP contribution >= 0.6 is 11.6 Å². The van der Waals surface area contributed by atoms with Crippen molar-refractivity contribution in [2.24, 2.45) is 0 Å². The van der Waals surface area contributed by atoms with E-state index in [1.54, 1.807) is 16.9 Å². The summed E-state index contributed by atoms with van der Waals surface area (Å²) in [4.78, 5) is 14.7. The molecule has 1 unspecified atom stereocenters. The average Bonchev–Trinajstić information content (AvgIpc) is 3.43. The molecule has 2 aromatic carbocycles. The SMILES string of the molecule is COc1c(Cc2ccc(-n3cccn3)cc2)cc2c(c1Cl)C(O)N([C@H]1CCCC[C@@H]1O)C2=O. The third-order valence-electron chi connectivity index (χ3n) is 6.68. The van der Waals surface area contributed by atoms with Crippen LogP contribution in [0.15, 0.2) is 48.8 Å². The van der Waals surface area contributed by atoms with Crippen LogP contribution in [0.2, 0.25) is 5.02 Å².